The van der Waals surface area contributed by atoms with Gasteiger partial charge in [0.05, 0.1) is 12.1 Å². The summed E-state index contributed by atoms with van der Waals surface area (Å²) < 4.78 is 0. The minimum absolute atomic E-state index is 0.0505. The molecule has 1 heterocycles. The number of hydrogen-bond donors (Lipinski definition) is 2. The van der Waals surface area contributed by atoms with Crippen molar-refractivity contribution in [3.63, 3.8) is 0 Å². The third-order valence-corrected chi connectivity index (χ3v) is 2.73. The van der Waals surface area contributed by atoms with Crippen LogP contribution < -0.4 is 10.6 Å². The maximum Gasteiger partial charge on any atom is 0.134 e. The van der Waals surface area contributed by atoms with Gasteiger partial charge in [-0.2, -0.15) is 0 Å². The van der Waals surface area contributed by atoms with E-state index in [4.69, 9.17) is 5.73 Å². The molecule has 90 valence electrons. The number of aliphatic hydroxyl groups is 1. The molecular weight excluding hydrogens is 204 g/mol. The number of likely N-dealkylation sites (N-methyl/N-ethyl adjacent to an activating group) is 1. The Morgan fingerprint density at radius 1 is 1.44 bits per heavy atom. The highest BCUT2D eigenvalue weighted by molar-refractivity contribution is 5.48. The van der Waals surface area contributed by atoms with Crippen LogP contribution in [0.1, 0.15) is 26.6 Å². The van der Waals surface area contributed by atoms with E-state index in [0.29, 0.717) is 5.82 Å². The van der Waals surface area contributed by atoms with E-state index in [1.807, 2.05) is 32.7 Å². The summed E-state index contributed by atoms with van der Waals surface area (Å²) in [6, 6.07) is 1.72. The Balaban J connectivity index is 3.08. The molecule has 0 unspecified atom stereocenters. The number of rotatable bonds is 4. The quantitative estimate of drug-likeness (QED) is 0.792. The zero-order valence-corrected chi connectivity index (χ0v) is 10.4. The Hall–Kier alpha value is -1.36. The molecule has 16 heavy (non-hydrogen) atoms. The van der Waals surface area contributed by atoms with Crippen LogP contribution in [0.15, 0.2) is 6.07 Å². The predicted molar refractivity (Wildman–Crippen MR) is 65.4 cm³/mol. The third-order valence-electron chi connectivity index (χ3n) is 2.73. The molecule has 0 amide bonds. The average Bonchev–Trinajstić information content (AvgIpc) is 2.27. The Kier molecular flexibility index (Phi) is 3.70. The lowest BCUT2D eigenvalue weighted by molar-refractivity contribution is 0.215. The molecule has 1 aromatic rings. The molecule has 0 aromatic carbocycles. The summed E-state index contributed by atoms with van der Waals surface area (Å²) in [6.45, 7) is 5.92. The van der Waals surface area contributed by atoms with Crippen LogP contribution in [0, 0.1) is 0 Å². The van der Waals surface area contributed by atoms with Gasteiger partial charge in [-0.1, -0.05) is 6.92 Å². The first kappa shape index (κ1) is 12.7. The van der Waals surface area contributed by atoms with Crippen LogP contribution in [-0.2, 0) is 6.42 Å². The van der Waals surface area contributed by atoms with Crippen molar-refractivity contribution in [3.8, 4) is 0 Å². The van der Waals surface area contributed by atoms with Gasteiger partial charge < -0.3 is 15.7 Å². The highest BCUT2D eigenvalue weighted by Gasteiger charge is 2.24. The fraction of sp³-hybridized carbons (Fsp3) is 0.636. The minimum Gasteiger partial charge on any atom is -0.394 e. The van der Waals surface area contributed by atoms with Crippen molar-refractivity contribution in [2.45, 2.75) is 32.7 Å². The Morgan fingerprint density at radius 2 is 2.06 bits per heavy atom. The van der Waals surface area contributed by atoms with Gasteiger partial charge in [-0.05, 0) is 13.8 Å². The van der Waals surface area contributed by atoms with Crippen molar-refractivity contribution in [1.82, 2.24) is 9.97 Å². The maximum absolute atomic E-state index is 9.31. The van der Waals surface area contributed by atoms with Crippen LogP contribution >= 0.6 is 0 Å². The summed E-state index contributed by atoms with van der Waals surface area (Å²) in [5.74, 6) is 1.92. The van der Waals surface area contributed by atoms with Crippen LogP contribution in [-0.4, -0.2) is 34.3 Å². The molecule has 0 aliphatic carbocycles. The molecule has 0 saturated carbocycles. The van der Waals surface area contributed by atoms with E-state index < -0.39 is 0 Å². The molecule has 0 spiro atoms. The van der Waals surface area contributed by atoms with E-state index in [-0.39, 0.29) is 12.1 Å². The number of nitrogen functional groups attached to an aromatic ring is 1. The smallest absolute Gasteiger partial charge is 0.134 e. The molecule has 0 radical (unpaired) electrons. The first-order valence-electron chi connectivity index (χ1n) is 5.39. The highest BCUT2D eigenvalue weighted by atomic mass is 16.3. The second-order valence-corrected chi connectivity index (χ2v) is 4.45. The van der Waals surface area contributed by atoms with Crippen LogP contribution in [0.25, 0.3) is 0 Å². The SMILES string of the molecule is CCc1nc(N)cc(N(C)C(C)(C)CO)n1. The standard InChI is InChI=1S/C11H20N4O/c1-5-9-13-8(12)6-10(14-9)15(4)11(2,3)7-16/h6,16H,5,7H2,1-4H3,(H2,12,13,14). The van der Waals surface area contributed by atoms with E-state index in [9.17, 15) is 5.11 Å². The fourth-order valence-corrected chi connectivity index (χ4v) is 1.25. The number of anilines is 2. The first-order valence-corrected chi connectivity index (χ1v) is 5.39. The highest BCUT2D eigenvalue weighted by Crippen LogP contribution is 2.21. The second kappa shape index (κ2) is 4.65. The Morgan fingerprint density at radius 3 is 2.56 bits per heavy atom. The van der Waals surface area contributed by atoms with Gasteiger partial charge >= 0.3 is 0 Å². The lowest BCUT2D eigenvalue weighted by Gasteiger charge is -2.35. The van der Waals surface area contributed by atoms with Gasteiger partial charge in [0, 0.05) is 19.5 Å². The zero-order chi connectivity index (χ0) is 12.3. The number of aromatic nitrogens is 2. The molecule has 0 fully saturated rings. The lowest BCUT2D eigenvalue weighted by atomic mass is 10.1. The summed E-state index contributed by atoms with van der Waals surface area (Å²) in [5, 5.41) is 9.31. The van der Waals surface area contributed by atoms with E-state index in [1.165, 1.54) is 0 Å². The molecule has 5 nitrogen and oxygen atoms in total. The largest absolute Gasteiger partial charge is 0.394 e. The Bertz CT molecular complexity index is 365. The van der Waals surface area contributed by atoms with Crippen molar-refractivity contribution in [2.24, 2.45) is 0 Å². The number of nitrogens with zero attached hydrogens (tertiary/aromatic N) is 3. The van der Waals surface area contributed by atoms with Gasteiger partial charge in [0.1, 0.15) is 17.5 Å². The van der Waals surface area contributed by atoms with E-state index in [0.717, 1.165) is 18.1 Å². The molecule has 0 aliphatic rings. The summed E-state index contributed by atoms with van der Waals surface area (Å²) in [5.41, 5.74) is 5.35. The van der Waals surface area contributed by atoms with Gasteiger partial charge in [0.25, 0.3) is 0 Å². The molecule has 0 saturated heterocycles. The van der Waals surface area contributed by atoms with Crippen LogP contribution in [0.4, 0.5) is 11.6 Å². The lowest BCUT2D eigenvalue weighted by Crippen LogP contribution is -2.45. The number of aliphatic hydroxyl groups excluding tert-OH is 1. The second-order valence-electron chi connectivity index (χ2n) is 4.45. The average molecular weight is 224 g/mol. The third kappa shape index (κ3) is 2.61. The molecule has 0 bridgehead atoms. The van der Waals surface area contributed by atoms with Gasteiger partial charge in [0.2, 0.25) is 0 Å². The van der Waals surface area contributed by atoms with Gasteiger partial charge in [0.15, 0.2) is 0 Å². The number of aryl methyl sites for hydroxylation is 1. The normalized spacial score (nSPS) is 11.6. The molecule has 3 N–H and O–H groups in total. The molecule has 0 aliphatic heterocycles. The Labute approximate surface area is 96.3 Å². The summed E-state index contributed by atoms with van der Waals surface area (Å²) >= 11 is 0. The van der Waals surface area contributed by atoms with Crippen LogP contribution in [0.3, 0.4) is 0 Å². The van der Waals surface area contributed by atoms with E-state index >= 15 is 0 Å². The molecule has 5 heteroatoms. The topological polar surface area (TPSA) is 75.3 Å². The predicted octanol–water partition coefficient (Wildman–Crippen LogP) is 0.828. The maximum atomic E-state index is 9.31. The summed E-state index contributed by atoms with van der Waals surface area (Å²) in [7, 11) is 1.89. The van der Waals surface area contributed by atoms with E-state index in [2.05, 4.69) is 9.97 Å². The van der Waals surface area contributed by atoms with Crippen LogP contribution in [0.5, 0.6) is 0 Å². The van der Waals surface area contributed by atoms with Crippen LogP contribution in [0.2, 0.25) is 0 Å². The van der Waals surface area contributed by atoms with Crippen molar-refractivity contribution in [3.05, 3.63) is 11.9 Å². The van der Waals surface area contributed by atoms with Crippen molar-refractivity contribution in [2.75, 3.05) is 24.3 Å². The van der Waals surface area contributed by atoms with Crippen molar-refractivity contribution >= 4 is 11.6 Å². The fourth-order valence-electron chi connectivity index (χ4n) is 1.25. The van der Waals surface area contributed by atoms with Gasteiger partial charge in [-0.25, -0.2) is 9.97 Å². The van der Waals surface area contributed by atoms with E-state index in [1.54, 1.807) is 6.07 Å². The molecular formula is C11H20N4O. The molecule has 1 rings (SSSR count). The monoisotopic (exact) mass is 224 g/mol. The molecule has 0 atom stereocenters. The van der Waals surface area contributed by atoms with Crippen molar-refractivity contribution < 1.29 is 5.11 Å². The molecule has 1 aromatic heterocycles. The first-order chi connectivity index (χ1) is 7.40. The van der Waals surface area contributed by atoms with Gasteiger partial charge in [-0.3, -0.25) is 0 Å². The van der Waals surface area contributed by atoms with Crippen molar-refractivity contribution in [1.29, 1.82) is 0 Å². The summed E-state index contributed by atoms with van der Waals surface area (Å²) in [4.78, 5) is 10.4. The summed E-state index contributed by atoms with van der Waals surface area (Å²) in [6.07, 6.45) is 0.742. The minimum atomic E-state index is -0.369. The number of hydrogen-bond acceptors (Lipinski definition) is 5. The van der Waals surface area contributed by atoms with Gasteiger partial charge in [-0.15, -0.1) is 0 Å². The zero-order valence-electron chi connectivity index (χ0n) is 10.4. The number of nitrogens with two attached hydrogens (primary N) is 1.